The summed E-state index contributed by atoms with van der Waals surface area (Å²) in [6.45, 7) is -0.215. The summed E-state index contributed by atoms with van der Waals surface area (Å²) in [7, 11) is 2.75. The number of benzene rings is 1. The second-order valence-corrected chi connectivity index (χ2v) is 7.55. The largest absolute Gasteiger partial charge is 0.505 e. The molecule has 0 bridgehead atoms. The third-order valence-corrected chi connectivity index (χ3v) is 5.87. The molecular weight excluding hydrogens is 418 g/mol. The van der Waals surface area contributed by atoms with Gasteiger partial charge in [0.1, 0.15) is 13.2 Å². The summed E-state index contributed by atoms with van der Waals surface area (Å²) in [5.41, 5.74) is 0.101. The zero-order valence-corrected chi connectivity index (χ0v) is 16.6. The van der Waals surface area contributed by atoms with Crippen molar-refractivity contribution in [2.24, 2.45) is 0 Å². The fraction of sp³-hybridized carbons (Fsp3) is 0.467. The molecule has 156 valence electrons. The van der Waals surface area contributed by atoms with Gasteiger partial charge in [-0.1, -0.05) is 0 Å². The number of hydrogen-bond acceptors (Lipinski definition) is 10. The lowest BCUT2D eigenvalue weighted by Gasteiger charge is -2.18. The van der Waals surface area contributed by atoms with Crippen LogP contribution in [-0.2, 0) is 9.47 Å². The van der Waals surface area contributed by atoms with Crippen molar-refractivity contribution < 1.29 is 43.7 Å². The van der Waals surface area contributed by atoms with E-state index in [1.54, 1.807) is 0 Å². The van der Waals surface area contributed by atoms with Crippen molar-refractivity contribution in [3.05, 3.63) is 27.8 Å². The van der Waals surface area contributed by atoms with Crippen LogP contribution >= 0.6 is 23.5 Å². The topological polar surface area (TPSA) is 155 Å². The molecule has 0 radical (unpaired) electrons. The number of carboxylic acid groups (broad SMARTS) is 2. The molecule has 0 atom stereocenters. The lowest BCUT2D eigenvalue weighted by atomic mass is 10.1. The van der Waals surface area contributed by atoms with Gasteiger partial charge in [0.05, 0.1) is 35.4 Å². The van der Waals surface area contributed by atoms with Crippen LogP contribution in [0.15, 0.2) is 12.1 Å². The first-order valence-electron chi connectivity index (χ1n) is 7.65. The molecule has 1 aromatic rings. The Balaban J connectivity index is 3.08. The Kier molecular flexibility index (Phi) is 10.1. The molecule has 1 rings (SSSR count). The Morgan fingerprint density at radius 2 is 1.50 bits per heavy atom. The van der Waals surface area contributed by atoms with Crippen LogP contribution in [0.4, 0.5) is 15.3 Å². The quantitative estimate of drug-likeness (QED) is 0.162. The van der Waals surface area contributed by atoms with Gasteiger partial charge < -0.3 is 29.2 Å². The summed E-state index contributed by atoms with van der Waals surface area (Å²) in [6, 6.07) is 2.71. The highest BCUT2D eigenvalue weighted by molar-refractivity contribution is 8.16. The van der Waals surface area contributed by atoms with Crippen molar-refractivity contribution in [2.75, 3.05) is 38.9 Å². The number of ether oxygens (including phenoxy) is 4. The van der Waals surface area contributed by atoms with E-state index < -0.39 is 21.8 Å². The van der Waals surface area contributed by atoms with Crippen LogP contribution in [0.5, 0.6) is 11.5 Å². The van der Waals surface area contributed by atoms with Crippen LogP contribution < -0.4 is 9.47 Å². The molecule has 0 heterocycles. The Morgan fingerprint density at radius 3 is 1.89 bits per heavy atom. The fourth-order valence-corrected chi connectivity index (χ4v) is 4.51. The van der Waals surface area contributed by atoms with E-state index in [0.717, 1.165) is 0 Å². The molecule has 0 aliphatic carbocycles. The molecule has 11 nitrogen and oxygen atoms in total. The molecule has 28 heavy (non-hydrogen) atoms. The van der Waals surface area contributed by atoms with Crippen molar-refractivity contribution in [3.63, 3.8) is 0 Å². The second kappa shape index (κ2) is 12.0. The number of carbonyl (C=O) groups is 2. The minimum atomic E-state index is -1.42. The zero-order valence-electron chi connectivity index (χ0n) is 15.0. The van der Waals surface area contributed by atoms with E-state index >= 15 is 0 Å². The average Bonchev–Trinajstić information content (AvgIpc) is 2.65. The van der Waals surface area contributed by atoms with Crippen molar-refractivity contribution in [1.29, 1.82) is 0 Å². The molecule has 0 aliphatic heterocycles. The van der Waals surface area contributed by atoms with Crippen molar-refractivity contribution in [2.45, 2.75) is 4.58 Å². The Bertz CT molecular complexity index is 678. The average molecular weight is 437 g/mol. The molecule has 0 amide bonds. The monoisotopic (exact) mass is 437 g/mol. The lowest BCUT2D eigenvalue weighted by molar-refractivity contribution is -0.385. The highest BCUT2D eigenvalue weighted by Crippen LogP contribution is 2.46. The van der Waals surface area contributed by atoms with E-state index in [1.165, 1.54) is 49.9 Å². The van der Waals surface area contributed by atoms with Gasteiger partial charge >= 0.3 is 12.3 Å². The molecule has 0 aliphatic rings. The van der Waals surface area contributed by atoms with Crippen LogP contribution in [0.1, 0.15) is 10.1 Å². The van der Waals surface area contributed by atoms with E-state index in [9.17, 15) is 19.7 Å². The van der Waals surface area contributed by atoms with Crippen molar-refractivity contribution >= 4 is 41.5 Å². The van der Waals surface area contributed by atoms with Crippen LogP contribution in [0.3, 0.4) is 0 Å². The Morgan fingerprint density at radius 1 is 1.04 bits per heavy atom. The molecule has 0 aromatic heterocycles. The third-order valence-electron chi connectivity index (χ3n) is 3.14. The van der Waals surface area contributed by atoms with Crippen LogP contribution in [-0.4, -0.2) is 66.4 Å². The number of thioether (sulfide) groups is 2. The summed E-state index contributed by atoms with van der Waals surface area (Å²) >= 11 is 2.42. The first kappa shape index (κ1) is 23.5. The van der Waals surface area contributed by atoms with Gasteiger partial charge in [-0.05, 0) is 6.07 Å². The molecule has 13 heteroatoms. The minimum absolute atomic E-state index is 0.107. The van der Waals surface area contributed by atoms with Crippen molar-refractivity contribution in [1.82, 2.24) is 0 Å². The molecule has 1 aromatic carbocycles. The SMILES string of the molecule is COc1cc(C(SCCOC(=O)O)SCCOC(=O)O)c([N+](=O)[O-])cc1OC. The smallest absolute Gasteiger partial charge is 0.493 e. The van der Waals surface area contributed by atoms with Gasteiger partial charge in [0.25, 0.3) is 5.69 Å². The number of hydrogen-bond donors (Lipinski definition) is 2. The second-order valence-electron chi connectivity index (χ2n) is 4.83. The molecular formula is C15H19NO10S2. The molecule has 2 N–H and O–H groups in total. The lowest BCUT2D eigenvalue weighted by Crippen LogP contribution is -2.08. The van der Waals surface area contributed by atoms with E-state index in [1.807, 2.05) is 0 Å². The summed E-state index contributed by atoms with van der Waals surface area (Å²) in [6.07, 6.45) is -2.84. The molecule has 0 unspecified atom stereocenters. The number of nitrogens with zero attached hydrogens (tertiary/aromatic N) is 1. The van der Waals surface area contributed by atoms with E-state index in [-0.39, 0.29) is 41.9 Å². The Labute approximate surface area is 168 Å². The number of nitro benzene ring substituents is 1. The van der Waals surface area contributed by atoms with Gasteiger partial charge in [0.2, 0.25) is 0 Å². The summed E-state index contributed by atoms with van der Waals surface area (Å²) < 4.78 is 18.7. The minimum Gasteiger partial charge on any atom is -0.493 e. The predicted molar refractivity (Wildman–Crippen MR) is 102 cm³/mol. The predicted octanol–water partition coefficient (Wildman–Crippen LogP) is 3.47. The summed E-state index contributed by atoms with van der Waals surface area (Å²) in [4.78, 5) is 31.9. The molecule has 0 saturated carbocycles. The van der Waals surface area contributed by atoms with Gasteiger partial charge in [0, 0.05) is 11.5 Å². The van der Waals surface area contributed by atoms with Crippen LogP contribution in [0, 0.1) is 10.1 Å². The zero-order chi connectivity index (χ0) is 21.1. The molecule has 0 saturated heterocycles. The summed E-state index contributed by atoms with van der Waals surface area (Å²) in [5.74, 6) is 0.942. The molecule has 0 fully saturated rings. The molecule has 0 spiro atoms. The van der Waals surface area contributed by atoms with Gasteiger partial charge in [0.15, 0.2) is 11.5 Å². The highest BCUT2D eigenvalue weighted by Gasteiger charge is 2.26. The normalized spacial score (nSPS) is 10.4. The number of rotatable bonds is 12. The van der Waals surface area contributed by atoms with Gasteiger partial charge in [-0.2, -0.15) is 0 Å². The maximum atomic E-state index is 11.5. The van der Waals surface area contributed by atoms with Crippen molar-refractivity contribution in [3.8, 4) is 11.5 Å². The van der Waals surface area contributed by atoms with E-state index in [0.29, 0.717) is 5.56 Å². The first-order valence-corrected chi connectivity index (χ1v) is 9.74. The van der Waals surface area contributed by atoms with E-state index in [2.05, 4.69) is 9.47 Å². The third kappa shape index (κ3) is 7.60. The van der Waals surface area contributed by atoms with Crippen LogP contribution in [0.25, 0.3) is 0 Å². The maximum absolute atomic E-state index is 11.5. The van der Waals surface area contributed by atoms with Gasteiger partial charge in [-0.15, -0.1) is 23.5 Å². The first-order chi connectivity index (χ1) is 13.3. The van der Waals surface area contributed by atoms with E-state index in [4.69, 9.17) is 19.7 Å². The van der Waals surface area contributed by atoms with Gasteiger partial charge in [-0.3, -0.25) is 10.1 Å². The maximum Gasteiger partial charge on any atom is 0.505 e. The Hall–Kier alpha value is -2.54. The summed E-state index contributed by atoms with van der Waals surface area (Å²) in [5, 5.41) is 28.6. The standard InChI is InChI=1S/C15H19NO10S2/c1-23-11-7-9(10(16(21)22)8-12(11)24-2)13(27-5-3-25-14(17)18)28-6-4-26-15(19)20/h7-8,13H,3-6H2,1-2H3,(H,17,18)(H,19,20). The van der Waals surface area contributed by atoms with Crippen LogP contribution in [0.2, 0.25) is 0 Å². The highest BCUT2D eigenvalue weighted by atomic mass is 32.2. The number of nitro groups is 1. The van der Waals surface area contributed by atoms with Gasteiger partial charge in [-0.25, -0.2) is 9.59 Å². The number of methoxy groups -OCH3 is 2. The fourth-order valence-electron chi connectivity index (χ4n) is 2.03.